The Morgan fingerprint density at radius 2 is 2.04 bits per heavy atom. The molecule has 1 aromatic heterocycles. The van der Waals surface area contributed by atoms with Crippen molar-refractivity contribution in [1.82, 2.24) is 4.90 Å². The summed E-state index contributed by atoms with van der Waals surface area (Å²) in [4.78, 5) is 17.8. The highest BCUT2D eigenvalue weighted by Crippen LogP contribution is 2.26. The van der Waals surface area contributed by atoms with Crippen molar-refractivity contribution in [3.63, 3.8) is 0 Å². The smallest absolute Gasteiger partial charge is 0.265 e. The molecule has 2 aromatic rings. The maximum absolute atomic E-state index is 13.0. The molecule has 0 bridgehead atoms. The Morgan fingerprint density at radius 3 is 2.60 bits per heavy atom. The van der Waals surface area contributed by atoms with Gasteiger partial charge in [-0.05, 0) is 57.9 Å². The zero-order chi connectivity index (χ0) is 17.8. The number of thiophene rings is 1. The van der Waals surface area contributed by atoms with E-state index in [1.807, 2.05) is 30.4 Å². The van der Waals surface area contributed by atoms with Crippen LogP contribution in [-0.2, 0) is 11.3 Å². The van der Waals surface area contributed by atoms with Crippen LogP contribution in [0.25, 0.3) is 0 Å². The molecule has 1 atom stereocenters. The summed E-state index contributed by atoms with van der Waals surface area (Å²) in [6.45, 7) is 2.03. The maximum Gasteiger partial charge on any atom is 0.265 e. The van der Waals surface area contributed by atoms with Gasteiger partial charge in [-0.1, -0.05) is 12.1 Å². The number of rotatable bonds is 6. The fraction of sp³-hybridized carbons (Fsp3) is 0.421. The quantitative estimate of drug-likeness (QED) is 0.691. The van der Waals surface area contributed by atoms with Crippen molar-refractivity contribution in [2.45, 2.75) is 25.5 Å². The number of anilines is 1. The van der Waals surface area contributed by atoms with E-state index in [-0.39, 0.29) is 12.0 Å². The number of nitrogens with zero attached hydrogens (tertiary/aromatic N) is 2. The van der Waals surface area contributed by atoms with Gasteiger partial charge in [-0.15, -0.1) is 11.3 Å². The van der Waals surface area contributed by atoms with Crippen molar-refractivity contribution >= 4 is 38.9 Å². The van der Waals surface area contributed by atoms with E-state index in [1.54, 1.807) is 0 Å². The number of ether oxygens (including phenoxy) is 1. The van der Waals surface area contributed by atoms with Crippen molar-refractivity contribution < 1.29 is 9.53 Å². The van der Waals surface area contributed by atoms with Gasteiger partial charge in [0.1, 0.15) is 4.88 Å². The first-order chi connectivity index (χ1) is 12.0. The molecular weight excluding hydrogens is 400 g/mol. The highest BCUT2D eigenvalue weighted by molar-refractivity contribution is 9.10. The minimum Gasteiger partial charge on any atom is -0.378 e. The van der Waals surface area contributed by atoms with Gasteiger partial charge in [-0.25, -0.2) is 0 Å². The third-order valence-corrected chi connectivity index (χ3v) is 6.20. The Hall–Kier alpha value is -1.37. The zero-order valence-corrected chi connectivity index (χ0v) is 17.0. The van der Waals surface area contributed by atoms with E-state index in [0.717, 1.165) is 40.0 Å². The number of carbonyl (C=O) groups excluding carboxylic acids is 1. The fourth-order valence-electron chi connectivity index (χ4n) is 2.96. The van der Waals surface area contributed by atoms with Gasteiger partial charge in [-0.2, -0.15) is 0 Å². The molecule has 4 nitrogen and oxygen atoms in total. The highest BCUT2D eigenvalue weighted by Gasteiger charge is 2.25. The van der Waals surface area contributed by atoms with Gasteiger partial charge < -0.3 is 14.5 Å². The first-order valence-electron chi connectivity index (χ1n) is 8.44. The Balaban J connectivity index is 1.77. The van der Waals surface area contributed by atoms with Gasteiger partial charge in [0.05, 0.1) is 6.10 Å². The molecule has 25 heavy (non-hydrogen) atoms. The molecule has 1 fully saturated rings. The van der Waals surface area contributed by atoms with Crippen LogP contribution in [0.2, 0.25) is 0 Å². The predicted octanol–water partition coefficient (Wildman–Crippen LogP) is 4.40. The molecule has 0 spiro atoms. The summed E-state index contributed by atoms with van der Waals surface area (Å²) in [5.41, 5.74) is 2.28. The third kappa shape index (κ3) is 4.63. The molecule has 0 radical (unpaired) electrons. The van der Waals surface area contributed by atoms with Gasteiger partial charge in [0.25, 0.3) is 5.91 Å². The van der Waals surface area contributed by atoms with Gasteiger partial charge in [0.2, 0.25) is 0 Å². The van der Waals surface area contributed by atoms with Crippen molar-refractivity contribution in [1.29, 1.82) is 0 Å². The summed E-state index contributed by atoms with van der Waals surface area (Å²) in [5, 5.41) is 1.94. The summed E-state index contributed by atoms with van der Waals surface area (Å²) >= 11 is 4.96. The van der Waals surface area contributed by atoms with Gasteiger partial charge in [0, 0.05) is 44.0 Å². The Labute approximate surface area is 161 Å². The predicted molar refractivity (Wildman–Crippen MR) is 107 cm³/mol. The second-order valence-corrected chi connectivity index (χ2v) is 8.25. The molecule has 0 N–H and O–H groups in total. The minimum absolute atomic E-state index is 0.0639. The number of hydrogen-bond acceptors (Lipinski definition) is 4. The molecule has 1 aliphatic rings. The van der Waals surface area contributed by atoms with Gasteiger partial charge >= 0.3 is 0 Å². The SMILES string of the molecule is CN(C)c1ccc(CN(CC2CCCO2)C(=O)c2sccc2Br)cc1. The van der Waals surface area contributed by atoms with E-state index in [2.05, 4.69) is 45.1 Å². The monoisotopic (exact) mass is 422 g/mol. The molecule has 0 aliphatic carbocycles. The van der Waals surface area contributed by atoms with Gasteiger partial charge in [0.15, 0.2) is 0 Å². The van der Waals surface area contributed by atoms with E-state index < -0.39 is 0 Å². The Bertz CT molecular complexity index is 708. The molecule has 6 heteroatoms. The zero-order valence-electron chi connectivity index (χ0n) is 14.6. The van der Waals surface area contributed by atoms with Crippen LogP contribution in [0.15, 0.2) is 40.2 Å². The van der Waals surface area contributed by atoms with E-state index in [0.29, 0.717) is 13.1 Å². The molecule has 3 rings (SSSR count). The Morgan fingerprint density at radius 1 is 1.28 bits per heavy atom. The standard InChI is InChI=1S/C19H23BrN2O2S/c1-21(2)15-7-5-14(6-8-15)12-22(13-16-4-3-10-24-16)19(23)18-17(20)9-11-25-18/h5-9,11,16H,3-4,10,12-13H2,1-2H3. The van der Waals surface area contributed by atoms with Crippen LogP contribution in [0.5, 0.6) is 0 Å². The normalized spacial score (nSPS) is 16.8. The van der Waals surface area contributed by atoms with Crippen LogP contribution in [0, 0.1) is 0 Å². The van der Waals surface area contributed by atoms with E-state index in [9.17, 15) is 4.79 Å². The molecule has 1 amide bonds. The average Bonchev–Trinajstić information content (AvgIpc) is 3.25. The highest BCUT2D eigenvalue weighted by atomic mass is 79.9. The molecule has 2 heterocycles. The van der Waals surface area contributed by atoms with Crippen LogP contribution in [0.3, 0.4) is 0 Å². The largest absolute Gasteiger partial charge is 0.378 e. The number of benzene rings is 1. The lowest BCUT2D eigenvalue weighted by Gasteiger charge is -2.25. The number of amides is 1. The maximum atomic E-state index is 13.0. The average molecular weight is 423 g/mol. The lowest BCUT2D eigenvalue weighted by Crippen LogP contribution is -2.36. The first-order valence-corrected chi connectivity index (χ1v) is 10.1. The fourth-order valence-corrected chi connectivity index (χ4v) is 4.47. The topological polar surface area (TPSA) is 32.8 Å². The summed E-state index contributed by atoms with van der Waals surface area (Å²) in [6.07, 6.45) is 2.24. The van der Waals surface area contributed by atoms with Gasteiger partial charge in [-0.3, -0.25) is 4.79 Å². The summed E-state index contributed by atoms with van der Waals surface area (Å²) in [6, 6.07) is 10.3. The lowest BCUT2D eigenvalue weighted by atomic mass is 10.1. The third-order valence-electron chi connectivity index (χ3n) is 4.37. The van der Waals surface area contributed by atoms with E-state index in [1.165, 1.54) is 11.3 Å². The first kappa shape index (κ1) is 18.4. The Kier molecular flexibility index (Phi) is 6.15. The number of halogens is 1. The van der Waals surface area contributed by atoms with Crippen molar-refractivity contribution in [3.05, 3.63) is 50.6 Å². The van der Waals surface area contributed by atoms with Crippen LogP contribution >= 0.6 is 27.3 Å². The number of carbonyl (C=O) groups is 1. The molecule has 1 unspecified atom stereocenters. The van der Waals surface area contributed by atoms with Crippen LogP contribution in [0.1, 0.15) is 28.1 Å². The minimum atomic E-state index is 0.0639. The molecular formula is C19H23BrN2O2S. The van der Waals surface area contributed by atoms with Crippen molar-refractivity contribution in [2.24, 2.45) is 0 Å². The van der Waals surface area contributed by atoms with Crippen LogP contribution < -0.4 is 4.90 Å². The molecule has 134 valence electrons. The summed E-state index contributed by atoms with van der Waals surface area (Å²) < 4.78 is 6.62. The lowest BCUT2D eigenvalue weighted by molar-refractivity contribution is 0.0510. The summed E-state index contributed by atoms with van der Waals surface area (Å²) in [5.74, 6) is 0.0639. The van der Waals surface area contributed by atoms with Crippen LogP contribution in [0.4, 0.5) is 5.69 Å². The summed E-state index contributed by atoms with van der Waals surface area (Å²) in [7, 11) is 4.05. The van der Waals surface area contributed by atoms with Crippen molar-refractivity contribution in [2.75, 3.05) is 32.1 Å². The number of hydrogen-bond donors (Lipinski definition) is 0. The van der Waals surface area contributed by atoms with Crippen LogP contribution in [-0.4, -0.2) is 44.2 Å². The van der Waals surface area contributed by atoms with E-state index >= 15 is 0 Å². The molecule has 1 saturated heterocycles. The molecule has 0 saturated carbocycles. The second kappa shape index (κ2) is 8.34. The van der Waals surface area contributed by atoms with Crippen molar-refractivity contribution in [3.8, 4) is 0 Å². The van der Waals surface area contributed by atoms with E-state index in [4.69, 9.17) is 4.74 Å². The molecule has 1 aliphatic heterocycles. The second-order valence-electron chi connectivity index (χ2n) is 6.48. The molecule has 1 aromatic carbocycles.